The van der Waals surface area contributed by atoms with Crippen LogP contribution < -0.4 is 0 Å². The molecular formula is C25H29NO5. The smallest absolute Gasteiger partial charge is 0.316 e. The zero-order chi connectivity index (χ0) is 22.4. The monoisotopic (exact) mass is 423 g/mol. The average molecular weight is 424 g/mol. The summed E-state index contributed by atoms with van der Waals surface area (Å²) in [6, 6.07) is 9.61. The van der Waals surface area contributed by atoms with Crippen molar-refractivity contribution in [2.75, 3.05) is 20.2 Å². The van der Waals surface area contributed by atoms with Gasteiger partial charge in [-0.3, -0.25) is 14.4 Å². The number of likely N-dealkylation sites (tertiary alicyclic amines) is 1. The molecule has 6 heteroatoms. The molecule has 0 radical (unpaired) electrons. The number of carbonyl (C=O) groups excluding carboxylic acids is 3. The Morgan fingerprint density at radius 1 is 1.06 bits per heavy atom. The Hall–Kier alpha value is -2.89. The minimum Gasteiger partial charge on any atom is -0.468 e. The van der Waals surface area contributed by atoms with Gasteiger partial charge in [-0.25, -0.2) is 0 Å². The number of piperidine rings is 1. The van der Waals surface area contributed by atoms with Crippen LogP contribution in [0.4, 0.5) is 0 Å². The number of benzene rings is 1. The Labute approximate surface area is 182 Å². The van der Waals surface area contributed by atoms with E-state index in [2.05, 4.69) is 0 Å². The van der Waals surface area contributed by atoms with E-state index in [1.54, 1.807) is 11.8 Å². The maximum atomic E-state index is 13.3. The molecule has 0 atom stereocenters. The summed E-state index contributed by atoms with van der Waals surface area (Å²) < 4.78 is 11.1. The van der Waals surface area contributed by atoms with Gasteiger partial charge in [0.15, 0.2) is 11.5 Å². The van der Waals surface area contributed by atoms with E-state index in [0.29, 0.717) is 55.7 Å². The first kappa shape index (κ1) is 21.3. The molecule has 1 aromatic heterocycles. The quantitative estimate of drug-likeness (QED) is 0.695. The van der Waals surface area contributed by atoms with Gasteiger partial charge in [0, 0.05) is 31.5 Å². The first-order chi connectivity index (χ1) is 14.7. The maximum Gasteiger partial charge on any atom is 0.316 e. The van der Waals surface area contributed by atoms with Crippen molar-refractivity contribution in [3.63, 3.8) is 0 Å². The van der Waals surface area contributed by atoms with E-state index in [0.717, 1.165) is 5.56 Å². The molecule has 1 aliphatic carbocycles. The highest BCUT2D eigenvalue weighted by Crippen LogP contribution is 2.40. The largest absolute Gasteiger partial charge is 0.468 e. The molecule has 164 valence electrons. The van der Waals surface area contributed by atoms with Crippen LogP contribution in [0.2, 0.25) is 0 Å². The van der Waals surface area contributed by atoms with Gasteiger partial charge in [-0.05, 0) is 30.7 Å². The third-order valence-electron chi connectivity index (χ3n) is 6.78. The van der Waals surface area contributed by atoms with E-state index in [4.69, 9.17) is 9.15 Å². The van der Waals surface area contributed by atoms with Gasteiger partial charge >= 0.3 is 5.97 Å². The second-order valence-corrected chi connectivity index (χ2v) is 9.53. The molecule has 2 aromatic rings. The zero-order valence-corrected chi connectivity index (χ0v) is 18.6. The topological polar surface area (TPSA) is 76.8 Å². The van der Waals surface area contributed by atoms with Gasteiger partial charge in [0.05, 0.1) is 18.1 Å². The maximum absolute atomic E-state index is 13.3. The van der Waals surface area contributed by atoms with Crippen molar-refractivity contribution in [1.82, 2.24) is 4.90 Å². The van der Waals surface area contributed by atoms with Crippen LogP contribution in [0.5, 0.6) is 0 Å². The van der Waals surface area contributed by atoms with Crippen molar-refractivity contribution in [1.29, 1.82) is 0 Å². The normalized spacial score (nSPS) is 19.6. The Bertz CT molecular complexity index is 1030. The predicted octanol–water partition coefficient (Wildman–Crippen LogP) is 4.09. The fourth-order valence-electron chi connectivity index (χ4n) is 5.09. The lowest BCUT2D eigenvalue weighted by Crippen LogP contribution is -2.49. The van der Waals surface area contributed by atoms with E-state index >= 15 is 0 Å². The predicted molar refractivity (Wildman–Crippen MR) is 115 cm³/mol. The van der Waals surface area contributed by atoms with Crippen molar-refractivity contribution < 1.29 is 23.5 Å². The number of esters is 1. The summed E-state index contributed by atoms with van der Waals surface area (Å²) in [5, 5.41) is 0. The number of ketones is 1. The molecule has 0 saturated carbocycles. The van der Waals surface area contributed by atoms with Gasteiger partial charge in [0.25, 0.3) is 5.91 Å². The Morgan fingerprint density at radius 3 is 2.32 bits per heavy atom. The SMILES string of the molecule is COC(=O)C1(c2ccccc2)CCN(C(=O)c2oc3c(c2C)C(=O)CC(C)(C)C3)CC1. The van der Waals surface area contributed by atoms with Crippen LogP contribution in [0.15, 0.2) is 34.7 Å². The fourth-order valence-corrected chi connectivity index (χ4v) is 5.09. The van der Waals surface area contributed by atoms with E-state index in [1.165, 1.54) is 7.11 Å². The molecule has 4 rings (SSSR count). The molecule has 31 heavy (non-hydrogen) atoms. The number of hydrogen-bond acceptors (Lipinski definition) is 5. The van der Waals surface area contributed by atoms with Gasteiger partial charge in [-0.1, -0.05) is 44.2 Å². The number of fused-ring (bicyclic) bond motifs is 1. The molecule has 1 aromatic carbocycles. The number of carbonyl (C=O) groups is 3. The molecule has 2 aliphatic rings. The summed E-state index contributed by atoms with van der Waals surface area (Å²) in [4.78, 5) is 40.4. The van der Waals surface area contributed by atoms with Gasteiger partial charge < -0.3 is 14.1 Å². The summed E-state index contributed by atoms with van der Waals surface area (Å²) >= 11 is 0. The number of hydrogen-bond donors (Lipinski definition) is 0. The van der Waals surface area contributed by atoms with Crippen molar-refractivity contribution >= 4 is 17.7 Å². The number of rotatable bonds is 3. The second-order valence-electron chi connectivity index (χ2n) is 9.53. The number of ether oxygens (including phenoxy) is 1. The molecule has 1 saturated heterocycles. The molecule has 1 fully saturated rings. The van der Waals surface area contributed by atoms with Gasteiger partial charge in [-0.2, -0.15) is 0 Å². The lowest BCUT2D eigenvalue weighted by atomic mass is 9.72. The second kappa shape index (κ2) is 7.66. The van der Waals surface area contributed by atoms with Crippen LogP contribution in [0.1, 0.15) is 70.9 Å². The highest BCUT2D eigenvalue weighted by molar-refractivity contribution is 6.03. The minimum atomic E-state index is -0.760. The Morgan fingerprint density at radius 2 is 1.71 bits per heavy atom. The average Bonchev–Trinajstić information content (AvgIpc) is 3.08. The van der Waals surface area contributed by atoms with Crippen LogP contribution >= 0.6 is 0 Å². The first-order valence-electron chi connectivity index (χ1n) is 10.8. The minimum absolute atomic E-state index is 0.0407. The number of furan rings is 1. The van der Waals surface area contributed by atoms with E-state index in [9.17, 15) is 14.4 Å². The van der Waals surface area contributed by atoms with Crippen LogP contribution in [0, 0.1) is 12.3 Å². The summed E-state index contributed by atoms with van der Waals surface area (Å²) in [5.41, 5.74) is 1.19. The number of Topliss-reactive ketones (excluding diaryl/α,β-unsaturated/α-hetero) is 1. The number of nitrogens with zero attached hydrogens (tertiary/aromatic N) is 1. The van der Waals surface area contributed by atoms with Crippen molar-refractivity contribution in [2.24, 2.45) is 5.41 Å². The lowest BCUT2D eigenvalue weighted by molar-refractivity contribution is -0.149. The Balaban J connectivity index is 1.58. The standard InChI is InChI=1S/C25H29NO5/c1-16-20-18(27)14-24(2,3)15-19(20)31-21(16)22(28)26-12-10-25(11-13-26,23(29)30-4)17-8-6-5-7-9-17/h5-9H,10-15H2,1-4H3. The molecule has 1 amide bonds. The third kappa shape index (κ3) is 3.58. The molecule has 0 bridgehead atoms. The van der Waals surface area contributed by atoms with E-state index in [-0.39, 0.29) is 28.8 Å². The summed E-state index contributed by atoms with van der Waals surface area (Å²) in [5.74, 6) is 0.417. The fraction of sp³-hybridized carbons (Fsp3) is 0.480. The van der Waals surface area contributed by atoms with Crippen LogP contribution in [0.25, 0.3) is 0 Å². The van der Waals surface area contributed by atoms with Crippen LogP contribution in [-0.2, 0) is 21.4 Å². The highest BCUT2D eigenvalue weighted by atomic mass is 16.5. The number of methoxy groups -OCH3 is 1. The van der Waals surface area contributed by atoms with Gasteiger partial charge in [-0.15, -0.1) is 0 Å². The lowest BCUT2D eigenvalue weighted by Gasteiger charge is -2.39. The molecule has 0 spiro atoms. The molecule has 0 unspecified atom stereocenters. The van der Waals surface area contributed by atoms with Crippen LogP contribution in [0.3, 0.4) is 0 Å². The third-order valence-corrected chi connectivity index (χ3v) is 6.78. The molecule has 6 nitrogen and oxygen atoms in total. The molecule has 1 aliphatic heterocycles. The summed E-state index contributed by atoms with van der Waals surface area (Å²) in [6.45, 7) is 6.68. The Kier molecular flexibility index (Phi) is 5.28. The molecule has 2 heterocycles. The summed E-state index contributed by atoms with van der Waals surface area (Å²) in [6.07, 6.45) is 2.04. The summed E-state index contributed by atoms with van der Waals surface area (Å²) in [7, 11) is 1.40. The van der Waals surface area contributed by atoms with E-state index in [1.807, 2.05) is 44.2 Å². The van der Waals surface area contributed by atoms with E-state index < -0.39 is 5.41 Å². The highest BCUT2D eigenvalue weighted by Gasteiger charge is 2.45. The zero-order valence-electron chi connectivity index (χ0n) is 18.6. The molecular weight excluding hydrogens is 394 g/mol. The van der Waals surface area contributed by atoms with Gasteiger partial charge in [0.2, 0.25) is 0 Å². The van der Waals surface area contributed by atoms with Crippen molar-refractivity contribution in [2.45, 2.75) is 51.9 Å². The van der Waals surface area contributed by atoms with Crippen molar-refractivity contribution in [3.8, 4) is 0 Å². The van der Waals surface area contributed by atoms with Crippen LogP contribution in [-0.4, -0.2) is 42.8 Å². The number of amides is 1. The van der Waals surface area contributed by atoms with Gasteiger partial charge in [0.1, 0.15) is 5.76 Å². The van der Waals surface area contributed by atoms with Crippen molar-refractivity contribution in [3.05, 3.63) is 58.5 Å². The first-order valence-corrected chi connectivity index (χ1v) is 10.8. The molecule has 0 N–H and O–H groups in total.